The lowest BCUT2D eigenvalue weighted by molar-refractivity contribution is 0.0697. The number of hydrogen-bond acceptors (Lipinski definition) is 4. The Labute approximate surface area is 118 Å². The molecule has 0 saturated heterocycles. The minimum Gasteiger partial charge on any atom is -0.497 e. The highest BCUT2D eigenvalue weighted by Crippen LogP contribution is 2.30. The molecule has 6 heteroatoms. The van der Waals surface area contributed by atoms with Gasteiger partial charge in [0.15, 0.2) is 0 Å². The summed E-state index contributed by atoms with van der Waals surface area (Å²) >= 11 is 3.39. The molecule has 0 aliphatic heterocycles. The van der Waals surface area contributed by atoms with E-state index < -0.39 is 5.97 Å². The first-order chi connectivity index (χ1) is 9.11. The van der Waals surface area contributed by atoms with Crippen molar-refractivity contribution in [1.82, 2.24) is 4.98 Å². The number of anilines is 2. The van der Waals surface area contributed by atoms with Crippen molar-refractivity contribution in [3.63, 3.8) is 0 Å². The third-order valence-electron chi connectivity index (χ3n) is 2.46. The molecular formula is C13H11BrN2O3. The molecule has 2 aromatic rings. The summed E-state index contributed by atoms with van der Waals surface area (Å²) in [6.45, 7) is 0. The van der Waals surface area contributed by atoms with Crippen LogP contribution in [0.4, 0.5) is 11.5 Å². The predicted octanol–water partition coefficient (Wildman–Crippen LogP) is 3.29. The number of halogens is 1. The highest BCUT2D eigenvalue weighted by Gasteiger charge is 2.12. The van der Waals surface area contributed by atoms with Gasteiger partial charge < -0.3 is 15.2 Å². The fourth-order valence-corrected chi connectivity index (χ4v) is 1.88. The van der Waals surface area contributed by atoms with E-state index in [1.165, 1.54) is 12.3 Å². The molecule has 0 bridgehead atoms. The molecule has 19 heavy (non-hydrogen) atoms. The first-order valence-electron chi connectivity index (χ1n) is 5.40. The fraction of sp³-hybridized carbons (Fsp3) is 0.0769. The summed E-state index contributed by atoms with van der Waals surface area (Å²) in [6.07, 6.45) is 1.53. The fourth-order valence-electron chi connectivity index (χ4n) is 1.53. The van der Waals surface area contributed by atoms with E-state index in [1.807, 2.05) is 6.07 Å². The number of hydrogen-bond donors (Lipinski definition) is 2. The third-order valence-corrected chi connectivity index (χ3v) is 3.16. The lowest BCUT2D eigenvalue weighted by Gasteiger charge is -2.11. The smallest absolute Gasteiger partial charge is 0.339 e. The molecule has 0 unspecified atom stereocenters. The number of carbonyl (C=O) groups is 1. The van der Waals surface area contributed by atoms with Crippen molar-refractivity contribution in [3.8, 4) is 5.75 Å². The van der Waals surface area contributed by atoms with Crippen LogP contribution in [0.5, 0.6) is 5.75 Å². The Morgan fingerprint density at radius 2 is 2.21 bits per heavy atom. The van der Waals surface area contributed by atoms with Gasteiger partial charge in [-0.25, -0.2) is 9.78 Å². The van der Waals surface area contributed by atoms with Crippen molar-refractivity contribution in [3.05, 3.63) is 46.6 Å². The summed E-state index contributed by atoms with van der Waals surface area (Å²) in [7, 11) is 1.57. The summed E-state index contributed by atoms with van der Waals surface area (Å²) in [5, 5.41) is 12.1. The Hall–Kier alpha value is -2.08. The van der Waals surface area contributed by atoms with Crippen LogP contribution in [0.25, 0.3) is 0 Å². The first kappa shape index (κ1) is 13.4. The topological polar surface area (TPSA) is 71.5 Å². The van der Waals surface area contributed by atoms with Gasteiger partial charge in [0.25, 0.3) is 0 Å². The highest BCUT2D eigenvalue weighted by atomic mass is 79.9. The second kappa shape index (κ2) is 5.71. The Morgan fingerprint density at radius 1 is 1.42 bits per heavy atom. The number of benzene rings is 1. The standard InChI is InChI=1S/C13H11BrN2O3/c1-19-8-4-5-10(14)11(7-8)16-12-9(13(17)18)3-2-6-15-12/h2-7H,1H3,(H,15,16)(H,17,18). The summed E-state index contributed by atoms with van der Waals surface area (Å²) < 4.78 is 5.91. The maximum Gasteiger partial charge on any atom is 0.339 e. The van der Waals surface area contributed by atoms with Crippen molar-refractivity contribution in [2.75, 3.05) is 12.4 Å². The number of nitrogens with zero attached hydrogens (tertiary/aromatic N) is 1. The molecule has 2 rings (SSSR count). The van der Waals surface area contributed by atoms with Crippen molar-refractivity contribution in [2.45, 2.75) is 0 Å². The number of nitrogens with one attached hydrogen (secondary N) is 1. The van der Waals surface area contributed by atoms with Crippen LogP contribution in [-0.4, -0.2) is 23.2 Å². The van der Waals surface area contributed by atoms with E-state index in [9.17, 15) is 4.79 Å². The Balaban J connectivity index is 2.38. The van der Waals surface area contributed by atoms with Crippen LogP contribution < -0.4 is 10.1 Å². The summed E-state index contributed by atoms with van der Waals surface area (Å²) in [4.78, 5) is 15.1. The molecule has 2 N–H and O–H groups in total. The van der Waals surface area contributed by atoms with E-state index >= 15 is 0 Å². The van der Waals surface area contributed by atoms with Gasteiger partial charge in [0.05, 0.1) is 12.8 Å². The molecule has 0 aliphatic carbocycles. The quantitative estimate of drug-likeness (QED) is 0.903. The second-order valence-corrected chi connectivity index (χ2v) is 4.53. The maximum absolute atomic E-state index is 11.1. The number of ether oxygens (including phenoxy) is 1. The van der Waals surface area contributed by atoms with Crippen molar-refractivity contribution < 1.29 is 14.6 Å². The largest absolute Gasteiger partial charge is 0.497 e. The summed E-state index contributed by atoms with van der Waals surface area (Å²) in [5.74, 6) is -0.0860. The van der Waals surface area contributed by atoms with E-state index in [0.717, 1.165) is 4.47 Å². The zero-order chi connectivity index (χ0) is 13.8. The van der Waals surface area contributed by atoms with Crippen LogP contribution >= 0.6 is 15.9 Å². The van der Waals surface area contributed by atoms with E-state index in [1.54, 1.807) is 25.3 Å². The number of pyridine rings is 1. The molecule has 0 amide bonds. The molecule has 0 spiro atoms. The average Bonchev–Trinajstić information content (AvgIpc) is 2.41. The van der Waals surface area contributed by atoms with Crippen LogP contribution in [0.1, 0.15) is 10.4 Å². The van der Waals surface area contributed by atoms with Gasteiger partial charge in [-0.1, -0.05) is 0 Å². The van der Waals surface area contributed by atoms with Crippen LogP contribution in [-0.2, 0) is 0 Å². The third kappa shape index (κ3) is 3.03. The molecule has 1 aromatic heterocycles. The van der Waals surface area contributed by atoms with E-state index in [2.05, 4.69) is 26.2 Å². The number of aromatic nitrogens is 1. The summed E-state index contributed by atoms with van der Waals surface area (Å²) in [6, 6.07) is 8.43. The van der Waals surface area contributed by atoms with Gasteiger partial charge in [0, 0.05) is 16.7 Å². The Bertz CT molecular complexity index is 617. The average molecular weight is 323 g/mol. The molecular weight excluding hydrogens is 312 g/mol. The second-order valence-electron chi connectivity index (χ2n) is 3.68. The van der Waals surface area contributed by atoms with E-state index in [-0.39, 0.29) is 11.4 Å². The normalized spacial score (nSPS) is 10.0. The van der Waals surface area contributed by atoms with Gasteiger partial charge in [-0.05, 0) is 40.2 Å². The molecule has 98 valence electrons. The van der Waals surface area contributed by atoms with Gasteiger partial charge in [-0.2, -0.15) is 0 Å². The monoisotopic (exact) mass is 322 g/mol. The molecule has 0 saturated carbocycles. The van der Waals surface area contributed by atoms with E-state index in [4.69, 9.17) is 9.84 Å². The van der Waals surface area contributed by atoms with Crippen molar-refractivity contribution in [1.29, 1.82) is 0 Å². The van der Waals surface area contributed by atoms with Crippen LogP contribution in [0.2, 0.25) is 0 Å². The van der Waals surface area contributed by atoms with E-state index in [0.29, 0.717) is 11.4 Å². The minimum absolute atomic E-state index is 0.109. The molecule has 0 fully saturated rings. The van der Waals surface area contributed by atoms with Gasteiger partial charge >= 0.3 is 5.97 Å². The molecule has 1 aromatic carbocycles. The van der Waals surface area contributed by atoms with Crippen LogP contribution in [0, 0.1) is 0 Å². The number of aromatic carboxylic acids is 1. The maximum atomic E-state index is 11.1. The van der Waals surface area contributed by atoms with Gasteiger partial charge in [0.1, 0.15) is 17.1 Å². The highest BCUT2D eigenvalue weighted by molar-refractivity contribution is 9.10. The van der Waals surface area contributed by atoms with Crippen LogP contribution in [0.3, 0.4) is 0 Å². The number of carboxylic acid groups (broad SMARTS) is 1. The van der Waals surface area contributed by atoms with Gasteiger partial charge in [0.2, 0.25) is 0 Å². The van der Waals surface area contributed by atoms with Crippen LogP contribution in [0.15, 0.2) is 41.0 Å². The van der Waals surface area contributed by atoms with Gasteiger partial charge in [-0.3, -0.25) is 0 Å². The first-order valence-corrected chi connectivity index (χ1v) is 6.20. The predicted molar refractivity (Wildman–Crippen MR) is 75.2 cm³/mol. The van der Waals surface area contributed by atoms with Gasteiger partial charge in [-0.15, -0.1) is 0 Å². The lowest BCUT2D eigenvalue weighted by atomic mass is 10.2. The molecule has 5 nitrogen and oxygen atoms in total. The summed E-state index contributed by atoms with van der Waals surface area (Å²) in [5.41, 5.74) is 0.790. The minimum atomic E-state index is -1.03. The molecule has 0 aliphatic rings. The number of methoxy groups -OCH3 is 1. The zero-order valence-corrected chi connectivity index (χ0v) is 11.6. The molecule has 1 heterocycles. The molecule has 0 atom stereocenters. The molecule has 0 radical (unpaired) electrons. The zero-order valence-electron chi connectivity index (χ0n) is 10.1. The SMILES string of the molecule is COc1ccc(Br)c(Nc2ncccc2C(=O)O)c1. The van der Waals surface area contributed by atoms with Crippen molar-refractivity contribution in [2.24, 2.45) is 0 Å². The lowest BCUT2D eigenvalue weighted by Crippen LogP contribution is -2.04. The number of rotatable bonds is 4. The number of carboxylic acids is 1. The van der Waals surface area contributed by atoms with Crippen molar-refractivity contribution >= 4 is 33.4 Å². The Morgan fingerprint density at radius 3 is 2.89 bits per heavy atom. The Kier molecular flexibility index (Phi) is 4.01.